The van der Waals surface area contributed by atoms with Crippen molar-refractivity contribution in [1.82, 2.24) is 19.6 Å². The van der Waals surface area contributed by atoms with Crippen LogP contribution in [-0.4, -0.2) is 51.7 Å². The van der Waals surface area contributed by atoms with Crippen LogP contribution in [0.5, 0.6) is 0 Å². The average molecular weight is 401 g/mol. The Labute approximate surface area is 160 Å². The van der Waals surface area contributed by atoms with Gasteiger partial charge < -0.3 is 4.90 Å². The minimum absolute atomic E-state index is 0.139. The fourth-order valence-electron chi connectivity index (χ4n) is 3.08. The number of nitrogens with zero attached hydrogens (tertiary/aromatic N) is 4. The molecule has 0 saturated carbocycles. The zero-order valence-corrected chi connectivity index (χ0v) is 15.6. The van der Waals surface area contributed by atoms with Gasteiger partial charge in [0, 0.05) is 32.7 Å². The van der Waals surface area contributed by atoms with Crippen molar-refractivity contribution >= 4 is 17.5 Å². The van der Waals surface area contributed by atoms with Gasteiger partial charge in [0.05, 0.1) is 10.7 Å². The second-order valence-corrected chi connectivity index (χ2v) is 6.92. The molecule has 0 bridgehead atoms. The number of carbonyl (C=O) groups is 1. The van der Waals surface area contributed by atoms with Gasteiger partial charge in [-0.05, 0) is 12.5 Å². The molecule has 27 heavy (non-hydrogen) atoms. The lowest BCUT2D eigenvalue weighted by molar-refractivity contribution is -0.142. The highest BCUT2D eigenvalue weighted by atomic mass is 35.5. The van der Waals surface area contributed by atoms with E-state index in [1.54, 1.807) is 4.90 Å². The summed E-state index contributed by atoms with van der Waals surface area (Å²) in [7, 11) is 0. The van der Waals surface area contributed by atoms with Crippen molar-refractivity contribution in [2.75, 3.05) is 26.2 Å². The molecule has 2 aromatic rings. The third-order valence-corrected chi connectivity index (χ3v) is 5.11. The Morgan fingerprint density at radius 3 is 2.33 bits per heavy atom. The first kappa shape index (κ1) is 19.7. The standard InChI is InChI=1S/C18H20ClF3N4O/c1-13-16(19)17(18(20,21)22)23-26(13)12-15(27)25-9-7-24(8-10-25)11-14-5-3-2-4-6-14/h2-6H,7-12H2,1H3. The average Bonchev–Trinajstić information content (AvgIpc) is 2.92. The molecule has 1 aliphatic rings. The zero-order chi connectivity index (χ0) is 19.6. The molecule has 0 unspecified atom stereocenters. The molecule has 0 aliphatic carbocycles. The molecule has 1 amide bonds. The van der Waals surface area contributed by atoms with Crippen LogP contribution in [0.1, 0.15) is 17.0 Å². The van der Waals surface area contributed by atoms with Crippen molar-refractivity contribution in [2.45, 2.75) is 26.2 Å². The number of hydrogen-bond donors (Lipinski definition) is 0. The summed E-state index contributed by atoms with van der Waals surface area (Å²) in [5.74, 6) is -0.259. The van der Waals surface area contributed by atoms with Crippen LogP contribution in [0, 0.1) is 6.92 Å². The Morgan fingerprint density at radius 1 is 1.15 bits per heavy atom. The van der Waals surface area contributed by atoms with Crippen molar-refractivity contribution in [3.63, 3.8) is 0 Å². The van der Waals surface area contributed by atoms with Gasteiger partial charge in [0.25, 0.3) is 0 Å². The minimum atomic E-state index is -4.64. The fraction of sp³-hybridized carbons (Fsp3) is 0.444. The highest BCUT2D eigenvalue weighted by Crippen LogP contribution is 2.35. The van der Waals surface area contributed by atoms with E-state index < -0.39 is 16.9 Å². The second-order valence-electron chi connectivity index (χ2n) is 6.55. The number of amides is 1. The predicted octanol–water partition coefficient (Wildman–Crippen LogP) is 3.21. The summed E-state index contributed by atoms with van der Waals surface area (Å²) in [6.45, 7) is 4.49. The highest BCUT2D eigenvalue weighted by molar-refractivity contribution is 6.32. The monoisotopic (exact) mass is 400 g/mol. The van der Waals surface area contributed by atoms with Crippen LogP contribution in [0.4, 0.5) is 13.2 Å². The molecule has 1 fully saturated rings. The second kappa shape index (κ2) is 7.90. The number of piperazine rings is 1. The summed E-state index contributed by atoms with van der Waals surface area (Å²) in [6.07, 6.45) is -4.64. The smallest absolute Gasteiger partial charge is 0.339 e. The van der Waals surface area contributed by atoms with Gasteiger partial charge in [-0.2, -0.15) is 18.3 Å². The molecule has 0 radical (unpaired) electrons. The minimum Gasteiger partial charge on any atom is -0.339 e. The van der Waals surface area contributed by atoms with E-state index in [-0.39, 0.29) is 18.1 Å². The first-order chi connectivity index (χ1) is 12.8. The number of aromatic nitrogens is 2. The molecule has 5 nitrogen and oxygen atoms in total. The van der Waals surface area contributed by atoms with Crippen LogP contribution < -0.4 is 0 Å². The van der Waals surface area contributed by atoms with Gasteiger partial charge in [-0.3, -0.25) is 14.4 Å². The molecular weight excluding hydrogens is 381 g/mol. The molecule has 2 heterocycles. The lowest BCUT2D eigenvalue weighted by atomic mass is 10.2. The third-order valence-electron chi connectivity index (χ3n) is 4.66. The summed E-state index contributed by atoms with van der Waals surface area (Å²) in [5.41, 5.74) is 0.195. The molecular formula is C18H20ClF3N4O. The van der Waals surface area contributed by atoms with Crippen molar-refractivity contribution in [2.24, 2.45) is 0 Å². The van der Waals surface area contributed by atoms with E-state index in [1.807, 2.05) is 18.2 Å². The number of halogens is 4. The maximum atomic E-state index is 12.9. The summed E-state index contributed by atoms with van der Waals surface area (Å²) < 4.78 is 39.7. The van der Waals surface area contributed by atoms with Gasteiger partial charge in [-0.15, -0.1) is 0 Å². The summed E-state index contributed by atoms with van der Waals surface area (Å²) >= 11 is 5.73. The number of rotatable bonds is 4. The summed E-state index contributed by atoms with van der Waals surface area (Å²) in [6, 6.07) is 10.1. The van der Waals surface area contributed by atoms with Crippen LogP contribution in [0.2, 0.25) is 5.02 Å². The third kappa shape index (κ3) is 4.62. The molecule has 1 aliphatic heterocycles. The fourth-order valence-corrected chi connectivity index (χ4v) is 3.33. The molecule has 3 rings (SSSR count). The van der Waals surface area contributed by atoms with E-state index in [4.69, 9.17) is 11.6 Å². The van der Waals surface area contributed by atoms with Crippen molar-refractivity contribution in [1.29, 1.82) is 0 Å². The number of carbonyl (C=O) groups excluding carboxylic acids is 1. The molecule has 0 N–H and O–H groups in total. The molecule has 9 heteroatoms. The summed E-state index contributed by atoms with van der Waals surface area (Å²) in [5, 5.41) is 3.03. The topological polar surface area (TPSA) is 41.4 Å². The van der Waals surface area contributed by atoms with Crippen LogP contribution in [-0.2, 0) is 24.1 Å². The molecule has 1 aromatic carbocycles. The SMILES string of the molecule is Cc1c(Cl)c(C(F)(F)F)nn1CC(=O)N1CCN(Cc2ccccc2)CC1. The molecule has 1 saturated heterocycles. The number of alkyl halides is 3. The van der Waals surface area contributed by atoms with E-state index in [9.17, 15) is 18.0 Å². The number of benzene rings is 1. The van der Waals surface area contributed by atoms with Gasteiger partial charge in [0.15, 0.2) is 5.69 Å². The van der Waals surface area contributed by atoms with Crippen LogP contribution in [0.15, 0.2) is 30.3 Å². The zero-order valence-electron chi connectivity index (χ0n) is 14.8. The van der Waals surface area contributed by atoms with Gasteiger partial charge in [-0.25, -0.2) is 0 Å². The van der Waals surface area contributed by atoms with E-state index in [1.165, 1.54) is 12.5 Å². The largest absolute Gasteiger partial charge is 0.436 e. The van der Waals surface area contributed by atoms with E-state index in [2.05, 4.69) is 22.1 Å². The maximum absolute atomic E-state index is 12.9. The number of hydrogen-bond acceptors (Lipinski definition) is 3. The van der Waals surface area contributed by atoms with Crippen LogP contribution in [0.3, 0.4) is 0 Å². The first-order valence-corrected chi connectivity index (χ1v) is 8.97. The van der Waals surface area contributed by atoms with Gasteiger partial charge in [0.1, 0.15) is 6.54 Å². The Hall–Kier alpha value is -2.06. The lowest BCUT2D eigenvalue weighted by Gasteiger charge is -2.34. The van der Waals surface area contributed by atoms with Crippen molar-refractivity contribution in [3.8, 4) is 0 Å². The van der Waals surface area contributed by atoms with Crippen molar-refractivity contribution < 1.29 is 18.0 Å². The Bertz CT molecular complexity index is 799. The first-order valence-electron chi connectivity index (χ1n) is 8.60. The maximum Gasteiger partial charge on any atom is 0.436 e. The van der Waals surface area contributed by atoms with Gasteiger partial charge >= 0.3 is 6.18 Å². The van der Waals surface area contributed by atoms with Crippen LogP contribution >= 0.6 is 11.6 Å². The normalized spacial score (nSPS) is 16.0. The quantitative estimate of drug-likeness (QED) is 0.791. The Kier molecular flexibility index (Phi) is 5.76. The van der Waals surface area contributed by atoms with Gasteiger partial charge in [-0.1, -0.05) is 41.9 Å². The highest BCUT2D eigenvalue weighted by Gasteiger charge is 2.38. The lowest BCUT2D eigenvalue weighted by Crippen LogP contribution is -2.49. The molecule has 0 spiro atoms. The molecule has 0 atom stereocenters. The Balaban J connectivity index is 1.57. The van der Waals surface area contributed by atoms with Gasteiger partial charge in [0.2, 0.25) is 5.91 Å². The molecule has 1 aromatic heterocycles. The predicted molar refractivity (Wildman–Crippen MR) is 95.3 cm³/mol. The Morgan fingerprint density at radius 2 is 1.78 bits per heavy atom. The van der Waals surface area contributed by atoms with E-state index >= 15 is 0 Å². The van der Waals surface area contributed by atoms with Crippen LogP contribution in [0.25, 0.3) is 0 Å². The van der Waals surface area contributed by atoms with E-state index in [0.29, 0.717) is 26.2 Å². The summed E-state index contributed by atoms with van der Waals surface area (Å²) in [4.78, 5) is 16.4. The van der Waals surface area contributed by atoms with E-state index in [0.717, 1.165) is 11.2 Å². The molecule has 146 valence electrons. The van der Waals surface area contributed by atoms with Crippen molar-refractivity contribution in [3.05, 3.63) is 52.3 Å².